The molecule has 2 fully saturated rings. The third kappa shape index (κ3) is 1.72. The maximum Gasteiger partial charge on any atom is 0.326 e. The average Bonchev–Trinajstić information content (AvgIpc) is 2.23. The molecule has 5 nitrogen and oxygen atoms in total. The molecule has 0 radical (unpaired) electrons. The molecule has 0 bridgehead atoms. The molecule has 5 heteroatoms. The van der Waals surface area contributed by atoms with Crippen molar-refractivity contribution in [2.75, 3.05) is 26.2 Å². The van der Waals surface area contributed by atoms with Gasteiger partial charge in [0.25, 0.3) is 0 Å². The van der Waals surface area contributed by atoms with Crippen LogP contribution in [0.15, 0.2) is 0 Å². The van der Waals surface area contributed by atoms with E-state index in [1.54, 1.807) is 5.01 Å². The molecule has 0 aliphatic carbocycles. The van der Waals surface area contributed by atoms with Crippen LogP contribution < -0.4 is 5.32 Å². The highest BCUT2D eigenvalue weighted by molar-refractivity contribution is 6.35. The van der Waals surface area contributed by atoms with Gasteiger partial charge in [0.15, 0.2) is 0 Å². The van der Waals surface area contributed by atoms with Crippen LogP contribution in [0.2, 0.25) is 0 Å². The molecule has 14 heavy (non-hydrogen) atoms. The van der Waals surface area contributed by atoms with E-state index >= 15 is 0 Å². The first-order valence-corrected chi connectivity index (χ1v) is 5.13. The van der Waals surface area contributed by atoms with Crippen LogP contribution in [0.25, 0.3) is 0 Å². The van der Waals surface area contributed by atoms with Crippen LogP contribution in [0, 0.1) is 0 Å². The molecule has 2 amide bonds. The van der Waals surface area contributed by atoms with Crippen molar-refractivity contribution in [1.29, 1.82) is 0 Å². The summed E-state index contributed by atoms with van der Waals surface area (Å²) in [4.78, 5) is 22.6. The number of piperidine rings is 1. The van der Waals surface area contributed by atoms with Gasteiger partial charge in [-0.3, -0.25) is 14.6 Å². The predicted octanol–water partition coefficient (Wildman–Crippen LogP) is -0.654. The van der Waals surface area contributed by atoms with Crippen LogP contribution in [0.1, 0.15) is 19.3 Å². The molecule has 0 aromatic carbocycles. The predicted molar refractivity (Wildman–Crippen MR) is 50.1 cm³/mol. The van der Waals surface area contributed by atoms with Crippen molar-refractivity contribution >= 4 is 11.8 Å². The lowest BCUT2D eigenvalue weighted by Crippen LogP contribution is -2.59. The fourth-order valence-electron chi connectivity index (χ4n) is 1.96. The summed E-state index contributed by atoms with van der Waals surface area (Å²) in [5.41, 5.74) is 0. The largest absolute Gasteiger partial charge is 0.346 e. The zero-order valence-corrected chi connectivity index (χ0v) is 8.16. The van der Waals surface area contributed by atoms with E-state index in [1.165, 1.54) is 6.42 Å². The molecule has 2 rings (SSSR count). The van der Waals surface area contributed by atoms with Crippen molar-refractivity contribution in [3.05, 3.63) is 0 Å². The van der Waals surface area contributed by atoms with Crippen molar-refractivity contribution in [3.8, 4) is 0 Å². The van der Waals surface area contributed by atoms with Gasteiger partial charge in [-0.15, -0.1) is 0 Å². The molecule has 0 atom stereocenters. The third-order valence-corrected chi connectivity index (χ3v) is 2.71. The van der Waals surface area contributed by atoms with Gasteiger partial charge < -0.3 is 5.32 Å². The van der Waals surface area contributed by atoms with Gasteiger partial charge in [0.05, 0.1) is 6.54 Å². The summed E-state index contributed by atoms with van der Waals surface area (Å²) in [6.45, 7) is 2.99. The molecule has 2 saturated heterocycles. The Bertz CT molecular complexity index is 248. The van der Waals surface area contributed by atoms with Gasteiger partial charge in [-0.05, 0) is 12.8 Å². The second-order valence-corrected chi connectivity index (χ2v) is 3.70. The SMILES string of the molecule is O=C1NCCN(N2CCCCC2)C1=O. The third-order valence-electron chi connectivity index (χ3n) is 2.71. The summed E-state index contributed by atoms with van der Waals surface area (Å²) in [7, 11) is 0. The summed E-state index contributed by atoms with van der Waals surface area (Å²) in [6, 6.07) is 0. The summed E-state index contributed by atoms with van der Waals surface area (Å²) in [5, 5.41) is 6.14. The lowest BCUT2D eigenvalue weighted by Gasteiger charge is -2.38. The number of hydrogen-bond acceptors (Lipinski definition) is 3. The Labute approximate surface area is 83.0 Å². The van der Waals surface area contributed by atoms with Crippen molar-refractivity contribution in [1.82, 2.24) is 15.3 Å². The number of hydrogen-bond donors (Lipinski definition) is 1. The maximum atomic E-state index is 11.5. The van der Waals surface area contributed by atoms with Crippen molar-refractivity contribution in [2.45, 2.75) is 19.3 Å². The molecule has 0 aromatic heterocycles. The highest BCUT2D eigenvalue weighted by Crippen LogP contribution is 2.12. The van der Waals surface area contributed by atoms with Crippen LogP contribution >= 0.6 is 0 Å². The number of carbonyl (C=O) groups excluding carboxylic acids is 2. The zero-order chi connectivity index (χ0) is 9.97. The van der Waals surface area contributed by atoms with Crippen LogP contribution in [0.4, 0.5) is 0 Å². The molecule has 1 N–H and O–H groups in total. The molecule has 0 spiro atoms. The molecular weight excluding hydrogens is 182 g/mol. The first-order chi connectivity index (χ1) is 6.79. The highest BCUT2D eigenvalue weighted by Gasteiger charge is 2.30. The van der Waals surface area contributed by atoms with Gasteiger partial charge >= 0.3 is 11.8 Å². The van der Waals surface area contributed by atoms with Crippen LogP contribution in [-0.2, 0) is 9.59 Å². The molecule has 2 aliphatic heterocycles. The Kier molecular flexibility index (Phi) is 2.67. The number of piperazine rings is 1. The molecule has 0 aromatic rings. The Morgan fingerprint density at radius 2 is 1.71 bits per heavy atom. The van der Waals surface area contributed by atoms with Crippen molar-refractivity contribution in [3.63, 3.8) is 0 Å². The standard InChI is InChI=1S/C9H15N3O2/c13-8-9(14)12(7-4-10-8)11-5-2-1-3-6-11/h1-7H2,(H,10,13). The lowest BCUT2D eigenvalue weighted by atomic mass is 10.1. The Morgan fingerprint density at radius 1 is 1.00 bits per heavy atom. The molecule has 2 aliphatic rings. The Hall–Kier alpha value is -1.10. The van der Waals surface area contributed by atoms with Gasteiger partial charge in [-0.25, -0.2) is 5.01 Å². The molecule has 0 saturated carbocycles. The first kappa shape index (κ1) is 9.45. The quantitative estimate of drug-likeness (QED) is 0.568. The highest BCUT2D eigenvalue weighted by atomic mass is 16.2. The Balaban J connectivity index is 2.00. The van der Waals surface area contributed by atoms with Gasteiger partial charge in [-0.1, -0.05) is 6.42 Å². The van der Waals surface area contributed by atoms with E-state index in [-0.39, 0.29) is 0 Å². The van der Waals surface area contributed by atoms with E-state index in [2.05, 4.69) is 5.32 Å². The topological polar surface area (TPSA) is 52.7 Å². The van der Waals surface area contributed by atoms with E-state index in [1.807, 2.05) is 5.01 Å². The minimum absolute atomic E-state index is 0.404. The number of nitrogens with one attached hydrogen (secondary N) is 1. The molecule has 0 unspecified atom stereocenters. The van der Waals surface area contributed by atoms with E-state index in [0.717, 1.165) is 25.9 Å². The number of nitrogens with zero attached hydrogens (tertiary/aromatic N) is 2. The summed E-state index contributed by atoms with van der Waals surface area (Å²) >= 11 is 0. The van der Waals surface area contributed by atoms with Crippen LogP contribution in [0.5, 0.6) is 0 Å². The number of rotatable bonds is 1. The van der Waals surface area contributed by atoms with E-state index in [4.69, 9.17) is 0 Å². The van der Waals surface area contributed by atoms with Gasteiger partial charge in [0, 0.05) is 19.6 Å². The minimum Gasteiger partial charge on any atom is -0.346 e. The smallest absolute Gasteiger partial charge is 0.326 e. The second-order valence-electron chi connectivity index (χ2n) is 3.70. The van der Waals surface area contributed by atoms with E-state index in [9.17, 15) is 9.59 Å². The fourth-order valence-corrected chi connectivity index (χ4v) is 1.96. The van der Waals surface area contributed by atoms with Gasteiger partial charge in [0.2, 0.25) is 0 Å². The van der Waals surface area contributed by atoms with E-state index < -0.39 is 11.8 Å². The summed E-state index contributed by atoms with van der Waals surface area (Å²) < 4.78 is 0. The average molecular weight is 197 g/mol. The number of hydrazine groups is 1. The molecule has 2 heterocycles. The van der Waals surface area contributed by atoms with E-state index in [0.29, 0.717) is 13.1 Å². The molecular formula is C9H15N3O2. The van der Waals surface area contributed by atoms with Crippen LogP contribution in [0.3, 0.4) is 0 Å². The van der Waals surface area contributed by atoms with Gasteiger partial charge in [-0.2, -0.15) is 0 Å². The summed E-state index contributed by atoms with van der Waals surface area (Å²) in [6.07, 6.45) is 3.46. The number of amides is 2. The summed E-state index contributed by atoms with van der Waals surface area (Å²) in [5.74, 6) is -0.875. The normalized spacial score (nSPS) is 25.0. The minimum atomic E-state index is -0.471. The van der Waals surface area contributed by atoms with Crippen molar-refractivity contribution in [2.24, 2.45) is 0 Å². The van der Waals surface area contributed by atoms with Gasteiger partial charge in [0.1, 0.15) is 0 Å². The Morgan fingerprint density at radius 3 is 2.43 bits per heavy atom. The monoisotopic (exact) mass is 197 g/mol. The molecule has 78 valence electrons. The zero-order valence-electron chi connectivity index (χ0n) is 8.16. The maximum absolute atomic E-state index is 11.5. The second kappa shape index (κ2) is 3.96. The first-order valence-electron chi connectivity index (χ1n) is 5.13. The fraction of sp³-hybridized carbons (Fsp3) is 0.778. The lowest BCUT2D eigenvalue weighted by molar-refractivity contribution is -0.163. The number of carbonyl (C=O) groups is 2. The van der Waals surface area contributed by atoms with Crippen LogP contribution in [-0.4, -0.2) is 48.0 Å². The van der Waals surface area contributed by atoms with Crippen molar-refractivity contribution < 1.29 is 9.59 Å².